The van der Waals surface area contributed by atoms with Crippen LogP contribution in [0.2, 0.25) is 0 Å². The first kappa shape index (κ1) is 13.7. The number of rotatable bonds is 3. The van der Waals surface area contributed by atoms with Crippen molar-refractivity contribution in [1.29, 1.82) is 0 Å². The Bertz CT molecular complexity index is 591. The Labute approximate surface area is 112 Å². The van der Waals surface area contributed by atoms with Gasteiger partial charge in [-0.2, -0.15) is 0 Å². The molecule has 0 aliphatic rings. The Morgan fingerprint density at radius 2 is 1.74 bits per heavy atom. The Kier molecular flexibility index (Phi) is 3.96. The number of hydrogen-bond donors (Lipinski definition) is 1. The predicted octanol–water partition coefficient (Wildman–Crippen LogP) is 3.89. The van der Waals surface area contributed by atoms with Gasteiger partial charge in [0.15, 0.2) is 0 Å². The highest BCUT2D eigenvalue weighted by atomic mass is 19.1. The van der Waals surface area contributed by atoms with Crippen LogP contribution in [-0.2, 0) is 0 Å². The highest BCUT2D eigenvalue weighted by Crippen LogP contribution is 2.28. The smallest absolute Gasteiger partial charge is 0.128 e. The van der Waals surface area contributed by atoms with Crippen molar-refractivity contribution in [3.05, 3.63) is 70.3 Å². The first-order valence-corrected chi connectivity index (χ1v) is 6.23. The topological polar surface area (TPSA) is 12.0 Å². The van der Waals surface area contributed by atoms with E-state index in [1.54, 1.807) is 7.05 Å². The van der Waals surface area contributed by atoms with Crippen molar-refractivity contribution < 1.29 is 8.78 Å². The first-order valence-electron chi connectivity index (χ1n) is 6.23. The van der Waals surface area contributed by atoms with E-state index in [1.165, 1.54) is 12.1 Å². The summed E-state index contributed by atoms with van der Waals surface area (Å²) < 4.78 is 27.3. The Balaban J connectivity index is 2.56. The first-order chi connectivity index (χ1) is 9.04. The van der Waals surface area contributed by atoms with Gasteiger partial charge in [-0.05, 0) is 55.8 Å². The molecular formula is C16H17F2N. The maximum atomic E-state index is 13.9. The minimum absolute atomic E-state index is 0.330. The van der Waals surface area contributed by atoms with Crippen molar-refractivity contribution in [3.63, 3.8) is 0 Å². The molecule has 0 radical (unpaired) electrons. The molecule has 0 saturated carbocycles. The SMILES string of the molecule is CNC(c1cc(F)ccc1F)c1cccc(C)c1C. The van der Waals surface area contributed by atoms with Crippen LogP contribution in [0.15, 0.2) is 36.4 Å². The quantitative estimate of drug-likeness (QED) is 0.883. The zero-order chi connectivity index (χ0) is 14.0. The van der Waals surface area contributed by atoms with Gasteiger partial charge in [0.2, 0.25) is 0 Å². The van der Waals surface area contributed by atoms with E-state index in [0.29, 0.717) is 5.56 Å². The van der Waals surface area contributed by atoms with Crippen LogP contribution < -0.4 is 5.32 Å². The van der Waals surface area contributed by atoms with Gasteiger partial charge in [-0.25, -0.2) is 8.78 Å². The third-order valence-electron chi connectivity index (χ3n) is 3.52. The van der Waals surface area contributed by atoms with Crippen molar-refractivity contribution in [2.24, 2.45) is 0 Å². The van der Waals surface area contributed by atoms with Gasteiger partial charge < -0.3 is 5.32 Å². The maximum Gasteiger partial charge on any atom is 0.128 e. The van der Waals surface area contributed by atoms with E-state index in [0.717, 1.165) is 22.8 Å². The fourth-order valence-corrected chi connectivity index (χ4v) is 2.30. The molecule has 3 heteroatoms. The van der Waals surface area contributed by atoms with Crippen LogP contribution in [0.5, 0.6) is 0 Å². The average Bonchev–Trinajstić information content (AvgIpc) is 2.39. The van der Waals surface area contributed by atoms with Crippen LogP contribution in [0.1, 0.15) is 28.3 Å². The van der Waals surface area contributed by atoms with Gasteiger partial charge >= 0.3 is 0 Å². The molecule has 0 spiro atoms. The zero-order valence-corrected chi connectivity index (χ0v) is 11.3. The fourth-order valence-electron chi connectivity index (χ4n) is 2.30. The fraction of sp³-hybridized carbons (Fsp3) is 0.250. The van der Waals surface area contributed by atoms with Gasteiger partial charge in [0.25, 0.3) is 0 Å². The molecule has 0 amide bonds. The Morgan fingerprint density at radius 1 is 1.00 bits per heavy atom. The maximum absolute atomic E-state index is 13.9. The molecule has 1 N–H and O–H groups in total. The average molecular weight is 261 g/mol. The Morgan fingerprint density at radius 3 is 2.42 bits per heavy atom. The van der Waals surface area contributed by atoms with Crippen LogP contribution in [0.3, 0.4) is 0 Å². The number of halogens is 2. The van der Waals surface area contributed by atoms with Crippen molar-refractivity contribution in [3.8, 4) is 0 Å². The second-order valence-electron chi connectivity index (χ2n) is 4.68. The van der Waals surface area contributed by atoms with Gasteiger partial charge in [-0.15, -0.1) is 0 Å². The van der Waals surface area contributed by atoms with Crippen molar-refractivity contribution in [1.82, 2.24) is 5.32 Å². The monoisotopic (exact) mass is 261 g/mol. The summed E-state index contributed by atoms with van der Waals surface area (Å²) in [5.41, 5.74) is 3.52. The van der Waals surface area contributed by atoms with E-state index in [2.05, 4.69) is 5.32 Å². The summed E-state index contributed by atoms with van der Waals surface area (Å²) in [7, 11) is 1.75. The van der Waals surface area contributed by atoms with Crippen LogP contribution in [-0.4, -0.2) is 7.05 Å². The van der Waals surface area contributed by atoms with Gasteiger partial charge in [-0.3, -0.25) is 0 Å². The van der Waals surface area contributed by atoms with Gasteiger partial charge in [0, 0.05) is 5.56 Å². The molecule has 100 valence electrons. The van der Waals surface area contributed by atoms with E-state index in [9.17, 15) is 8.78 Å². The minimum Gasteiger partial charge on any atom is -0.309 e. The van der Waals surface area contributed by atoms with E-state index in [4.69, 9.17) is 0 Å². The second-order valence-corrected chi connectivity index (χ2v) is 4.68. The van der Waals surface area contributed by atoms with Crippen LogP contribution in [0.4, 0.5) is 8.78 Å². The zero-order valence-electron chi connectivity index (χ0n) is 11.3. The summed E-state index contributed by atoms with van der Waals surface area (Å²) in [6.45, 7) is 4.00. The standard InChI is InChI=1S/C16H17F2N/c1-10-5-4-6-13(11(10)2)16(19-3)14-9-12(17)7-8-15(14)18/h4-9,16,19H,1-3H3. The normalized spacial score (nSPS) is 12.5. The van der Waals surface area contributed by atoms with E-state index >= 15 is 0 Å². The molecule has 1 atom stereocenters. The summed E-state index contributed by atoms with van der Waals surface area (Å²) >= 11 is 0. The molecule has 0 aromatic heterocycles. The van der Waals surface area contributed by atoms with Crippen LogP contribution >= 0.6 is 0 Å². The third kappa shape index (κ3) is 2.66. The van der Waals surface area contributed by atoms with Crippen LogP contribution in [0, 0.1) is 25.5 Å². The largest absolute Gasteiger partial charge is 0.309 e. The number of benzene rings is 2. The molecule has 2 aromatic carbocycles. The summed E-state index contributed by atoms with van der Waals surface area (Å²) in [5.74, 6) is -0.830. The van der Waals surface area contributed by atoms with E-state index in [-0.39, 0.29) is 6.04 Å². The molecule has 1 nitrogen and oxygen atoms in total. The summed E-state index contributed by atoms with van der Waals surface area (Å²) in [6, 6.07) is 9.07. The lowest BCUT2D eigenvalue weighted by molar-refractivity contribution is 0.557. The highest BCUT2D eigenvalue weighted by Gasteiger charge is 2.19. The minimum atomic E-state index is -0.429. The molecule has 0 heterocycles. The number of aryl methyl sites for hydroxylation is 1. The molecule has 0 aliphatic carbocycles. The van der Waals surface area contributed by atoms with Crippen molar-refractivity contribution in [2.45, 2.75) is 19.9 Å². The third-order valence-corrected chi connectivity index (χ3v) is 3.52. The molecule has 19 heavy (non-hydrogen) atoms. The molecule has 0 aliphatic heterocycles. The van der Waals surface area contributed by atoms with Gasteiger partial charge in [0.1, 0.15) is 11.6 Å². The molecule has 0 fully saturated rings. The summed E-state index contributed by atoms with van der Waals surface area (Å²) in [6.07, 6.45) is 0. The van der Waals surface area contributed by atoms with Crippen molar-refractivity contribution >= 4 is 0 Å². The number of hydrogen-bond acceptors (Lipinski definition) is 1. The lowest BCUT2D eigenvalue weighted by Gasteiger charge is -2.21. The predicted molar refractivity (Wildman–Crippen MR) is 73.2 cm³/mol. The summed E-state index contributed by atoms with van der Waals surface area (Å²) in [5, 5.41) is 3.06. The number of nitrogens with one attached hydrogen (secondary N) is 1. The molecule has 1 unspecified atom stereocenters. The highest BCUT2D eigenvalue weighted by molar-refractivity contribution is 5.41. The van der Waals surface area contributed by atoms with E-state index in [1.807, 2.05) is 32.0 Å². The molecule has 0 bridgehead atoms. The van der Waals surface area contributed by atoms with Gasteiger partial charge in [-0.1, -0.05) is 18.2 Å². The van der Waals surface area contributed by atoms with E-state index < -0.39 is 11.6 Å². The second kappa shape index (κ2) is 5.49. The van der Waals surface area contributed by atoms with Crippen LogP contribution in [0.25, 0.3) is 0 Å². The van der Waals surface area contributed by atoms with Gasteiger partial charge in [0.05, 0.1) is 6.04 Å². The lowest BCUT2D eigenvalue weighted by Crippen LogP contribution is -2.20. The molecular weight excluding hydrogens is 244 g/mol. The molecule has 0 saturated heterocycles. The Hall–Kier alpha value is -1.74. The molecule has 2 rings (SSSR count). The summed E-state index contributed by atoms with van der Waals surface area (Å²) in [4.78, 5) is 0. The lowest BCUT2D eigenvalue weighted by atomic mass is 9.92. The van der Waals surface area contributed by atoms with Crippen molar-refractivity contribution in [2.75, 3.05) is 7.05 Å². The molecule has 2 aromatic rings.